The van der Waals surface area contributed by atoms with Crippen molar-refractivity contribution >= 4 is 15.9 Å². The molecule has 0 aliphatic heterocycles. The molecule has 0 unspecified atom stereocenters. The third kappa shape index (κ3) is 5.08. The van der Waals surface area contributed by atoms with Gasteiger partial charge in [0.05, 0.1) is 0 Å². The molecular formula is C17H21BrN2. The van der Waals surface area contributed by atoms with Crippen molar-refractivity contribution in [3.63, 3.8) is 0 Å². The fourth-order valence-corrected chi connectivity index (χ4v) is 2.71. The molecule has 0 spiro atoms. The lowest BCUT2D eigenvalue weighted by Gasteiger charge is -2.22. The fourth-order valence-electron chi connectivity index (χ4n) is 2.26. The number of hydrogen-bond acceptors (Lipinski definition) is 2. The second kappa shape index (κ2) is 8.20. The van der Waals surface area contributed by atoms with Gasteiger partial charge in [-0.15, -0.1) is 0 Å². The summed E-state index contributed by atoms with van der Waals surface area (Å²) in [6.45, 7) is 3.68. The van der Waals surface area contributed by atoms with E-state index in [0.29, 0.717) is 0 Å². The number of benzene rings is 2. The van der Waals surface area contributed by atoms with Crippen molar-refractivity contribution in [1.29, 1.82) is 0 Å². The number of nitrogens with zero attached hydrogens (tertiary/aromatic N) is 1. The van der Waals surface area contributed by atoms with Crippen LogP contribution in [0.4, 0.5) is 0 Å². The van der Waals surface area contributed by atoms with Gasteiger partial charge in [0.1, 0.15) is 0 Å². The molecule has 0 heterocycles. The normalized spacial score (nSPS) is 10.9. The average Bonchev–Trinajstić information content (AvgIpc) is 2.46. The molecule has 2 rings (SSSR count). The largest absolute Gasteiger partial charge is 0.330 e. The van der Waals surface area contributed by atoms with E-state index in [4.69, 9.17) is 5.73 Å². The van der Waals surface area contributed by atoms with Gasteiger partial charge < -0.3 is 5.73 Å². The Morgan fingerprint density at radius 1 is 0.900 bits per heavy atom. The minimum absolute atomic E-state index is 0.740. The molecule has 0 bridgehead atoms. The Hall–Kier alpha value is -1.16. The molecule has 0 aliphatic rings. The van der Waals surface area contributed by atoms with Crippen molar-refractivity contribution in [3.05, 3.63) is 70.2 Å². The highest BCUT2D eigenvalue weighted by Crippen LogP contribution is 2.15. The van der Waals surface area contributed by atoms with Crippen LogP contribution in [0.5, 0.6) is 0 Å². The Balaban J connectivity index is 2.03. The SMILES string of the molecule is NCCCN(Cc1ccccc1)Cc1cccc(Br)c1. The molecule has 0 aromatic heterocycles. The predicted molar refractivity (Wildman–Crippen MR) is 88.4 cm³/mol. The van der Waals surface area contributed by atoms with Gasteiger partial charge in [0, 0.05) is 24.1 Å². The van der Waals surface area contributed by atoms with Crippen LogP contribution in [-0.2, 0) is 13.1 Å². The van der Waals surface area contributed by atoms with E-state index in [0.717, 1.165) is 37.1 Å². The third-order valence-corrected chi connectivity index (χ3v) is 3.72. The summed E-state index contributed by atoms with van der Waals surface area (Å²) in [6.07, 6.45) is 1.03. The maximum absolute atomic E-state index is 5.65. The molecule has 2 N–H and O–H groups in total. The van der Waals surface area contributed by atoms with Crippen LogP contribution in [-0.4, -0.2) is 18.0 Å². The van der Waals surface area contributed by atoms with Gasteiger partial charge in [0.15, 0.2) is 0 Å². The zero-order valence-electron chi connectivity index (χ0n) is 11.6. The van der Waals surface area contributed by atoms with E-state index in [-0.39, 0.29) is 0 Å². The van der Waals surface area contributed by atoms with Gasteiger partial charge >= 0.3 is 0 Å². The predicted octanol–water partition coefficient (Wildman–Crippen LogP) is 3.80. The first-order chi connectivity index (χ1) is 9.78. The van der Waals surface area contributed by atoms with Gasteiger partial charge in [0.25, 0.3) is 0 Å². The Morgan fingerprint density at radius 2 is 1.60 bits per heavy atom. The standard InChI is InChI=1S/C17H21BrN2/c18-17-9-4-8-16(12-17)14-20(11-5-10-19)13-15-6-2-1-3-7-15/h1-4,6-9,12H,5,10-11,13-14,19H2. The Bertz CT molecular complexity index is 513. The van der Waals surface area contributed by atoms with Gasteiger partial charge in [0.2, 0.25) is 0 Å². The van der Waals surface area contributed by atoms with Crippen LogP contribution >= 0.6 is 15.9 Å². The van der Waals surface area contributed by atoms with E-state index >= 15 is 0 Å². The second-order valence-electron chi connectivity index (χ2n) is 4.97. The number of halogens is 1. The summed E-state index contributed by atoms with van der Waals surface area (Å²) >= 11 is 3.53. The lowest BCUT2D eigenvalue weighted by atomic mass is 10.1. The molecule has 0 aliphatic carbocycles. The molecule has 0 radical (unpaired) electrons. The highest BCUT2D eigenvalue weighted by molar-refractivity contribution is 9.10. The lowest BCUT2D eigenvalue weighted by molar-refractivity contribution is 0.255. The maximum atomic E-state index is 5.65. The summed E-state index contributed by atoms with van der Waals surface area (Å²) in [7, 11) is 0. The van der Waals surface area contributed by atoms with Gasteiger partial charge in [-0.1, -0.05) is 58.4 Å². The molecule has 0 fully saturated rings. The second-order valence-corrected chi connectivity index (χ2v) is 5.88. The van der Waals surface area contributed by atoms with Gasteiger partial charge in [-0.25, -0.2) is 0 Å². The molecule has 3 heteroatoms. The highest BCUT2D eigenvalue weighted by atomic mass is 79.9. The molecule has 2 aromatic rings. The van der Waals surface area contributed by atoms with Crippen molar-refractivity contribution < 1.29 is 0 Å². The number of nitrogens with two attached hydrogens (primary N) is 1. The summed E-state index contributed by atoms with van der Waals surface area (Å²) in [5.41, 5.74) is 8.33. The number of rotatable bonds is 7. The zero-order chi connectivity index (χ0) is 14.2. The zero-order valence-corrected chi connectivity index (χ0v) is 13.2. The summed E-state index contributed by atoms with van der Waals surface area (Å²) in [4.78, 5) is 2.45. The third-order valence-electron chi connectivity index (χ3n) is 3.22. The van der Waals surface area contributed by atoms with Crippen LogP contribution in [0.3, 0.4) is 0 Å². The van der Waals surface area contributed by atoms with Crippen LogP contribution < -0.4 is 5.73 Å². The summed E-state index contributed by atoms with van der Waals surface area (Å²) in [5, 5.41) is 0. The van der Waals surface area contributed by atoms with E-state index in [1.165, 1.54) is 11.1 Å². The van der Waals surface area contributed by atoms with Gasteiger partial charge in [-0.3, -0.25) is 4.90 Å². The molecule has 20 heavy (non-hydrogen) atoms. The lowest BCUT2D eigenvalue weighted by Crippen LogP contribution is -2.25. The first-order valence-corrected chi connectivity index (χ1v) is 7.78. The molecule has 0 atom stereocenters. The molecular weight excluding hydrogens is 312 g/mol. The minimum Gasteiger partial charge on any atom is -0.330 e. The quantitative estimate of drug-likeness (QED) is 0.835. The monoisotopic (exact) mass is 332 g/mol. The first kappa shape index (κ1) is 15.2. The van der Waals surface area contributed by atoms with Crippen LogP contribution in [0.25, 0.3) is 0 Å². The van der Waals surface area contributed by atoms with E-state index < -0.39 is 0 Å². The Labute approximate surface area is 129 Å². The summed E-state index contributed by atoms with van der Waals surface area (Å²) < 4.78 is 1.13. The molecule has 2 nitrogen and oxygen atoms in total. The Kier molecular flexibility index (Phi) is 6.25. The Morgan fingerprint density at radius 3 is 2.30 bits per heavy atom. The molecule has 0 saturated heterocycles. The molecule has 106 valence electrons. The highest BCUT2D eigenvalue weighted by Gasteiger charge is 2.07. The van der Waals surface area contributed by atoms with Crippen molar-refractivity contribution in [2.24, 2.45) is 5.73 Å². The van der Waals surface area contributed by atoms with Crippen LogP contribution in [0.1, 0.15) is 17.5 Å². The summed E-state index contributed by atoms with van der Waals surface area (Å²) in [5.74, 6) is 0. The van der Waals surface area contributed by atoms with Gasteiger partial charge in [-0.05, 0) is 36.2 Å². The van der Waals surface area contributed by atoms with Crippen molar-refractivity contribution in [2.75, 3.05) is 13.1 Å². The first-order valence-electron chi connectivity index (χ1n) is 6.99. The molecule has 0 amide bonds. The summed E-state index contributed by atoms with van der Waals surface area (Å²) in [6, 6.07) is 19.1. The molecule has 0 saturated carbocycles. The van der Waals surface area contributed by atoms with Gasteiger partial charge in [-0.2, -0.15) is 0 Å². The minimum atomic E-state index is 0.740. The van der Waals surface area contributed by atoms with Crippen molar-refractivity contribution in [2.45, 2.75) is 19.5 Å². The van der Waals surface area contributed by atoms with Crippen LogP contribution in [0, 0.1) is 0 Å². The topological polar surface area (TPSA) is 29.3 Å². The van der Waals surface area contributed by atoms with Crippen molar-refractivity contribution in [3.8, 4) is 0 Å². The van der Waals surface area contributed by atoms with Crippen LogP contribution in [0.2, 0.25) is 0 Å². The van der Waals surface area contributed by atoms with Crippen LogP contribution in [0.15, 0.2) is 59.1 Å². The molecule has 2 aromatic carbocycles. The fraction of sp³-hybridized carbons (Fsp3) is 0.294. The van der Waals surface area contributed by atoms with Crippen molar-refractivity contribution in [1.82, 2.24) is 4.90 Å². The number of hydrogen-bond donors (Lipinski definition) is 1. The average molecular weight is 333 g/mol. The van der Waals surface area contributed by atoms with E-state index in [1.54, 1.807) is 0 Å². The smallest absolute Gasteiger partial charge is 0.0237 e. The van der Waals surface area contributed by atoms with E-state index in [1.807, 2.05) is 0 Å². The van der Waals surface area contributed by atoms with E-state index in [2.05, 4.69) is 75.4 Å². The van der Waals surface area contributed by atoms with E-state index in [9.17, 15) is 0 Å². The maximum Gasteiger partial charge on any atom is 0.0237 e.